The number of halogens is 2. The maximum absolute atomic E-state index is 14.1. The number of nitrogens with zero attached hydrogens (tertiary/aromatic N) is 2. The van der Waals surface area contributed by atoms with Gasteiger partial charge in [0.05, 0.1) is 24.1 Å². The first-order chi connectivity index (χ1) is 13.6. The van der Waals surface area contributed by atoms with Crippen LogP contribution in [0.4, 0.5) is 4.39 Å². The van der Waals surface area contributed by atoms with E-state index >= 15 is 0 Å². The number of hydrogen-bond donors (Lipinski definition) is 1. The summed E-state index contributed by atoms with van der Waals surface area (Å²) in [5, 5.41) is 8.65. The molecule has 1 N–H and O–H groups in total. The molecule has 0 aliphatic rings. The average molecular weight is 456 g/mol. The second-order valence-electron chi connectivity index (χ2n) is 6.80. The van der Waals surface area contributed by atoms with E-state index in [4.69, 9.17) is 10.1 Å². The highest BCUT2D eigenvalue weighted by molar-refractivity contribution is 8.93. The fraction of sp³-hybridized carbons (Fsp3) is 0.174. The summed E-state index contributed by atoms with van der Waals surface area (Å²) < 4.78 is 23.7. The van der Waals surface area contributed by atoms with Gasteiger partial charge in [-0.1, -0.05) is 48.0 Å². The molecule has 4 nitrogen and oxygen atoms in total. The molecular weight excluding hydrogens is 433 g/mol. The van der Waals surface area contributed by atoms with Gasteiger partial charge >= 0.3 is 0 Å². The molecule has 0 bridgehead atoms. The number of aryl methyl sites for hydroxylation is 1. The van der Waals surface area contributed by atoms with Crippen molar-refractivity contribution in [3.8, 4) is 5.75 Å². The molecule has 0 aliphatic heterocycles. The lowest BCUT2D eigenvalue weighted by Crippen LogP contribution is -2.27. The Morgan fingerprint density at radius 2 is 1.48 bits per heavy atom. The van der Waals surface area contributed by atoms with Gasteiger partial charge in [-0.2, -0.15) is 0 Å². The van der Waals surface area contributed by atoms with E-state index in [0.29, 0.717) is 30.9 Å². The smallest absolute Gasteiger partial charge is 0.203 e. The quantitative estimate of drug-likeness (QED) is 0.432. The van der Waals surface area contributed by atoms with Crippen molar-refractivity contribution in [2.45, 2.75) is 20.0 Å². The van der Waals surface area contributed by atoms with E-state index in [1.807, 2.05) is 70.7 Å². The standard InChI is InChI=1S/C23H22FN3O.BrH/c1-17-10-12-19(13-11-17)28-15-14-26-21-8-4-5-9-22(21)27(23(26)25)16-18-6-2-3-7-20(18)24;/h2-13,25H,14-16H2,1H3;1H. The molecule has 4 rings (SSSR count). The zero-order chi connectivity index (χ0) is 19.5. The molecule has 0 aliphatic carbocycles. The van der Waals surface area contributed by atoms with Gasteiger partial charge in [0.1, 0.15) is 18.2 Å². The highest BCUT2D eigenvalue weighted by Crippen LogP contribution is 2.16. The molecule has 6 heteroatoms. The van der Waals surface area contributed by atoms with E-state index in [-0.39, 0.29) is 22.8 Å². The molecule has 150 valence electrons. The zero-order valence-corrected chi connectivity index (χ0v) is 17.9. The first-order valence-corrected chi connectivity index (χ1v) is 9.29. The van der Waals surface area contributed by atoms with Crippen LogP contribution in [0.5, 0.6) is 5.75 Å². The van der Waals surface area contributed by atoms with Gasteiger partial charge in [0.25, 0.3) is 0 Å². The number of para-hydroxylation sites is 2. The molecule has 0 saturated heterocycles. The zero-order valence-electron chi connectivity index (χ0n) is 16.1. The fourth-order valence-electron chi connectivity index (χ4n) is 3.37. The summed E-state index contributed by atoms with van der Waals surface area (Å²) in [5.74, 6) is 0.557. The van der Waals surface area contributed by atoms with Gasteiger partial charge in [-0.25, -0.2) is 4.39 Å². The molecule has 3 aromatic carbocycles. The molecule has 0 saturated carbocycles. The monoisotopic (exact) mass is 455 g/mol. The lowest BCUT2D eigenvalue weighted by molar-refractivity contribution is 0.296. The Kier molecular flexibility index (Phi) is 6.54. The van der Waals surface area contributed by atoms with E-state index in [1.165, 1.54) is 11.6 Å². The highest BCUT2D eigenvalue weighted by atomic mass is 79.9. The van der Waals surface area contributed by atoms with Crippen LogP contribution in [0.1, 0.15) is 11.1 Å². The molecule has 0 amide bonds. The molecule has 0 atom stereocenters. The summed E-state index contributed by atoms with van der Waals surface area (Å²) in [4.78, 5) is 0. The number of ether oxygens (including phenoxy) is 1. The third-order valence-electron chi connectivity index (χ3n) is 4.87. The van der Waals surface area contributed by atoms with Crippen LogP contribution in [-0.4, -0.2) is 15.7 Å². The summed E-state index contributed by atoms with van der Waals surface area (Å²) in [6.07, 6.45) is 0. The minimum absolute atomic E-state index is 0. The maximum atomic E-state index is 14.1. The fourth-order valence-corrected chi connectivity index (χ4v) is 3.37. The van der Waals surface area contributed by atoms with E-state index in [2.05, 4.69) is 0 Å². The van der Waals surface area contributed by atoms with Gasteiger partial charge in [0, 0.05) is 5.56 Å². The van der Waals surface area contributed by atoms with E-state index < -0.39 is 0 Å². The van der Waals surface area contributed by atoms with Gasteiger partial charge in [-0.05, 0) is 37.3 Å². The van der Waals surface area contributed by atoms with Crippen molar-refractivity contribution >= 4 is 28.0 Å². The molecule has 0 radical (unpaired) electrons. The lowest BCUT2D eigenvalue weighted by Gasteiger charge is -2.08. The number of benzene rings is 3. The Labute approximate surface area is 179 Å². The summed E-state index contributed by atoms with van der Waals surface area (Å²) in [6.45, 7) is 3.35. The number of hydrogen-bond acceptors (Lipinski definition) is 2. The van der Waals surface area contributed by atoms with Crippen LogP contribution >= 0.6 is 17.0 Å². The summed E-state index contributed by atoms with van der Waals surface area (Å²) in [5.41, 5.74) is 3.94. The number of rotatable bonds is 6. The second kappa shape index (κ2) is 9.09. The minimum Gasteiger partial charge on any atom is -0.492 e. The van der Waals surface area contributed by atoms with E-state index in [9.17, 15) is 4.39 Å². The van der Waals surface area contributed by atoms with Crippen molar-refractivity contribution in [3.63, 3.8) is 0 Å². The number of nitrogens with one attached hydrogen (secondary N) is 1. The van der Waals surface area contributed by atoms with Crippen molar-refractivity contribution in [2.75, 3.05) is 6.61 Å². The van der Waals surface area contributed by atoms with Gasteiger partial charge in [0.2, 0.25) is 5.62 Å². The molecule has 4 aromatic rings. The Bertz CT molecular complexity index is 1160. The summed E-state index contributed by atoms with van der Waals surface area (Å²) in [6, 6.07) is 22.5. The molecular formula is C23H23BrFN3O. The molecule has 0 unspecified atom stereocenters. The molecule has 0 fully saturated rings. The second-order valence-corrected chi connectivity index (χ2v) is 6.80. The first kappa shape index (κ1) is 20.9. The van der Waals surface area contributed by atoms with Gasteiger partial charge in [-0.15, -0.1) is 17.0 Å². The maximum Gasteiger partial charge on any atom is 0.203 e. The number of imidazole rings is 1. The number of fused-ring (bicyclic) bond motifs is 1. The summed E-state index contributed by atoms with van der Waals surface area (Å²) in [7, 11) is 0. The van der Waals surface area contributed by atoms with E-state index in [0.717, 1.165) is 16.8 Å². The Hall–Kier alpha value is -2.86. The van der Waals surface area contributed by atoms with Crippen LogP contribution in [0, 0.1) is 18.2 Å². The molecule has 1 heterocycles. The Morgan fingerprint density at radius 3 is 2.17 bits per heavy atom. The average Bonchev–Trinajstić information content (AvgIpc) is 2.97. The predicted octanol–water partition coefficient (Wildman–Crippen LogP) is 5.07. The van der Waals surface area contributed by atoms with Crippen molar-refractivity contribution in [1.82, 2.24) is 9.13 Å². The van der Waals surface area contributed by atoms with Gasteiger partial charge < -0.3 is 13.9 Å². The van der Waals surface area contributed by atoms with Gasteiger partial charge in [-0.3, -0.25) is 5.41 Å². The van der Waals surface area contributed by atoms with E-state index in [1.54, 1.807) is 12.1 Å². The normalized spacial score (nSPS) is 10.7. The SMILES string of the molecule is Br.Cc1ccc(OCCn2c(=N)n(Cc3ccccc3F)c3ccccc32)cc1. The summed E-state index contributed by atoms with van der Waals surface area (Å²) >= 11 is 0. The van der Waals surface area contributed by atoms with Gasteiger partial charge in [0.15, 0.2) is 0 Å². The molecule has 1 aromatic heterocycles. The Morgan fingerprint density at radius 1 is 0.862 bits per heavy atom. The predicted molar refractivity (Wildman–Crippen MR) is 118 cm³/mol. The van der Waals surface area contributed by atoms with Crippen LogP contribution in [0.2, 0.25) is 0 Å². The van der Waals surface area contributed by atoms with Crippen molar-refractivity contribution < 1.29 is 9.13 Å². The van der Waals surface area contributed by atoms with Crippen LogP contribution in [-0.2, 0) is 13.1 Å². The minimum atomic E-state index is -0.256. The first-order valence-electron chi connectivity index (χ1n) is 9.29. The van der Waals surface area contributed by atoms with Crippen molar-refractivity contribution in [3.05, 3.63) is 95.4 Å². The largest absolute Gasteiger partial charge is 0.492 e. The van der Waals surface area contributed by atoms with Crippen LogP contribution in [0.3, 0.4) is 0 Å². The van der Waals surface area contributed by atoms with Crippen LogP contribution in [0.25, 0.3) is 11.0 Å². The molecule has 29 heavy (non-hydrogen) atoms. The topological polar surface area (TPSA) is 42.9 Å². The lowest BCUT2D eigenvalue weighted by atomic mass is 10.2. The van der Waals surface area contributed by atoms with Crippen molar-refractivity contribution in [2.24, 2.45) is 0 Å². The third kappa shape index (κ3) is 4.43. The van der Waals surface area contributed by atoms with Crippen molar-refractivity contribution in [1.29, 1.82) is 5.41 Å². The van der Waals surface area contributed by atoms with Crippen LogP contribution in [0.15, 0.2) is 72.8 Å². The van der Waals surface area contributed by atoms with Crippen LogP contribution < -0.4 is 10.4 Å². The molecule has 0 spiro atoms. The number of aromatic nitrogens is 2. The third-order valence-corrected chi connectivity index (χ3v) is 4.87. The highest BCUT2D eigenvalue weighted by Gasteiger charge is 2.12. The Balaban J connectivity index is 0.00000240.